The summed E-state index contributed by atoms with van der Waals surface area (Å²) in [6.45, 7) is 0.182. The number of nitrogens with one attached hydrogen (secondary N) is 1. The monoisotopic (exact) mass is 336 g/mol. The number of rotatable bonds is 3. The van der Waals surface area contributed by atoms with Crippen LogP contribution in [0.5, 0.6) is 0 Å². The summed E-state index contributed by atoms with van der Waals surface area (Å²) in [5, 5.41) is 13.3. The predicted octanol–water partition coefficient (Wildman–Crippen LogP) is 0.985. The van der Waals surface area contributed by atoms with E-state index in [1.807, 2.05) is 0 Å². The van der Waals surface area contributed by atoms with E-state index in [4.69, 9.17) is 6.42 Å². The maximum Gasteiger partial charge on any atom is 0.225 e. The van der Waals surface area contributed by atoms with Gasteiger partial charge in [0.15, 0.2) is 0 Å². The van der Waals surface area contributed by atoms with Crippen molar-refractivity contribution in [2.75, 3.05) is 6.54 Å². The van der Waals surface area contributed by atoms with Crippen molar-refractivity contribution in [3.8, 4) is 12.3 Å². The average molecular weight is 336 g/mol. The highest BCUT2D eigenvalue weighted by Gasteiger charge is 2.38. The van der Waals surface area contributed by atoms with Crippen molar-refractivity contribution in [2.24, 2.45) is 5.92 Å². The third-order valence-electron chi connectivity index (χ3n) is 2.74. The minimum absolute atomic E-state index is 0.159. The maximum absolute atomic E-state index is 11.7. The van der Waals surface area contributed by atoms with Crippen molar-refractivity contribution in [3.05, 3.63) is 10.1 Å². The fourth-order valence-corrected chi connectivity index (χ4v) is 2.82. The van der Waals surface area contributed by atoms with Crippen LogP contribution in [0.1, 0.15) is 19.3 Å². The maximum atomic E-state index is 11.7. The zero-order valence-electron chi connectivity index (χ0n) is 8.69. The standard InChI is InChI=1S/C10H13IN2O3/c1-2-5-12-10(14)8-6-7(13(15)16)3-4-9(8)11/h1,7-9H,3-6H2,(H,12,14). The zero-order valence-corrected chi connectivity index (χ0v) is 10.8. The number of hydrogen-bond donors (Lipinski definition) is 1. The first-order valence-electron chi connectivity index (χ1n) is 5.05. The van der Waals surface area contributed by atoms with E-state index in [2.05, 4.69) is 33.8 Å². The topological polar surface area (TPSA) is 72.2 Å². The molecule has 1 N–H and O–H groups in total. The van der Waals surface area contributed by atoms with Gasteiger partial charge in [0.2, 0.25) is 11.9 Å². The molecular weight excluding hydrogens is 323 g/mol. The Hall–Kier alpha value is -0.840. The van der Waals surface area contributed by atoms with Crippen LogP contribution < -0.4 is 5.32 Å². The molecule has 1 rings (SSSR count). The van der Waals surface area contributed by atoms with Gasteiger partial charge in [-0.15, -0.1) is 6.42 Å². The lowest BCUT2D eigenvalue weighted by molar-refractivity contribution is -0.527. The van der Waals surface area contributed by atoms with Gasteiger partial charge >= 0.3 is 0 Å². The molecule has 6 heteroatoms. The van der Waals surface area contributed by atoms with Crippen molar-refractivity contribution >= 4 is 28.5 Å². The first-order chi connectivity index (χ1) is 7.56. The van der Waals surface area contributed by atoms with Crippen LogP contribution in [0, 0.1) is 28.4 Å². The minimum Gasteiger partial charge on any atom is -0.345 e. The second-order valence-corrected chi connectivity index (χ2v) is 5.40. The Morgan fingerprint density at radius 2 is 2.31 bits per heavy atom. The number of nitro groups is 1. The molecule has 0 radical (unpaired) electrons. The first-order valence-corrected chi connectivity index (χ1v) is 6.29. The van der Waals surface area contributed by atoms with Crippen LogP contribution in [-0.2, 0) is 4.79 Å². The minimum atomic E-state index is -0.590. The molecule has 0 aromatic rings. The summed E-state index contributed by atoms with van der Waals surface area (Å²) in [5.41, 5.74) is 0. The van der Waals surface area contributed by atoms with Gasteiger partial charge in [-0.1, -0.05) is 28.5 Å². The van der Waals surface area contributed by atoms with Gasteiger partial charge in [0.25, 0.3) is 0 Å². The van der Waals surface area contributed by atoms with Crippen molar-refractivity contribution in [2.45, 2.75) is 29.2 Å². The molecule has 1 aliphatic rings. The second-order valence-electron chi connectivity index (χ2n) is 3.80. The summed E-state index contributed by atoms with van der Waals surface area (Å²) in [5.74, 6) is 1.86. The fourth-order valence-electron chi connectivity index (χ4n) is 1.84. The zero-order chi connectivity index (χ0) is 12.1. The van der Waals surface area contributed by atoms with Crippen LogP contribution >= 0.6 is 22.6 Å². The number of nitrogens with zero attached hydrogens (tertiary/aromatic N) is 1. The summed E-state index contributed by atoms with van der Waals surface area (Å²) < 4.78 is 0.159. The summed E-state index contributed by atoms with van der Waals surface area (Å²) >= 11 is 2.18. The molecule has 1 amide bonds. The lowest BCUT2D eigenvalue weighted by Gasteiger charge is -2.27. The third kappa shape index (κ3) is 3.33. The summed E-state index contributed by atoms with van der Waals surface area (Å²) in [4.78, 5) is 22.1. The number of carbonyl (C=O) groups is 1. The number of halogens is 1. The van der Waals surface area contributed by atoms with Crippen molar-refractivity contribution in [3.63, 3.8) is 0 Å². The molecule has 0 saturated heterocycles. The molecule has 0 bridgehead atoms. The van der Waals surface area contributed by atoms with E-state index in [-0.39, 0.29) is 27.2 Å². The molecule has 16 heavy (non-hydrogen) atoms. The van der Waals surface area contributed by atoms with Crippen LogP contribution in [0.2, 0.25) is 0 Å². The Bertz CT molecular complexity index is 327. The van der Waals surface area contributed by atoms with Gasteiger partial charge in [-0.2, -0.15) is 0 Å². The Kier molecular flexibility index (Phi) is 4.99. The number of carbonyl (C=O) groups excluding carboxylic acids is 1. The van der Waals surface area contributed by atoms with Crippen LogP contribution in [0.4, 0.5) is 0 Å². The number of terminal acetylenes is 1. The van der Waals surface area contributed by atoms with Crippen LogP contribution in [0.3, 0.4) is 0 Å². The first kappa shape index (κ1) is 13.2. The largest absolute Gasteiger partial charge is 0.345 e. The predicted molar refractivity (Wildman–Crippen MR) is 67.8 cm³/mol. The van der Waals surface area contributed by atoms with E-state index >= 15 is 0 Å². The number of hydrogen-bond acceptors (Lipinski definition) is 3. The lowest BCUT2D eigenvalue weighted by Crippen LogP contribution is -2.42. The van der Waals surface area contributed by atoms with E-state index in [0.717, 1.165) is 0 Å². The highest BCUT2D eigenvalue weighted by molar-refractivity contribution is 14.1. The normalized spacial score (nSPS) is 29.1. The molecule has 0 aromatic carbocycles. The molecule has 3 unspecified atom stereocenters. The highest BCUT2D eigenvalue weighted by Crippen LogP contribution is 2.31. The van der Waals surface area contributed by atoms with E-state index in [9.17, 15) is 14.9 Å². The van der Waals surface area contributed by atoms with E-state index < -0.39 is 6.04 Å². The Morgan fingerprint density at radius 3 is 2.88 bits per heavy atom. The molecule has 0 aromatic heterocycles. The van der Waals surface area contributed by atoms with Crippen LogP contribution in [0.25, 0.3) is 0 Å². The summed E-state index contributed by atoms with van der Waals surface area (Å²) in [6.07, 6.45) is 6.62. The molecule has 5 nitrogen and oxygen atoms in total. The highest BCUT2D eigenvalue weighted by atomic mass is 127. The second kappa shape index (κ2) is 6.03. The van der Waals surface area contributed by atoms with Crippen molar-refractivity contribution in [1.29, 1.82) is 0 Å². The number of alkyl halides is 1. The SMILES string of the molecule is C#CCNC(=O)C1CC([N+](=O)[O-])CCC1I. The summed E-state index contributed by atoms with van der Waals surface area (Å²) in [7, 11) is 0. The van der Waals surface area contributed by atoms with Gasteiger partial charge < -0.3 is 5.32 Å². The van der Waals surface area contributed by atoms with Gasteiger partial charge in [0.1, 0.15) is 0 Å². The Morgan fingerprint density at radius 1 is 1.62 bits per heavy atom. The Balaban J connectivity index is 2.59. The molecule has 0 spiro atoms. The lowest BCUT2D eigenvalue weighted by atomic mass is 9.85. The molecule has 88 valence electrons. The molecule has 1 saturated carbocycles. The smallest absolute Gasteiger partial charge is 0.225 e. The average Bonchev–Trinajstić information content (AvgIpc) is 2.26. The third-order valence-corrected chi connectivity index (χ3v) is 4.23. The molecular formula is C10H13IN2O3. The van der Waals surface area contributed by atoms with Gasteiger partial charge in [-0.25, -0.2) is 0 Å². The van der Waals surface area contributed by atoms with E-state index in [1.165, 1.54) is 0 Å². The quantitative estimate of drug-likeness (QED) is 0.275. The van der Waals surface area contributed by atoms with Crippen LogP contribution in [0.15, 0.2) is 0 Å². The molecule has 0 heterocycles. The van der Waals surface area contributed by atoms with Gasteiger partial charge in [-0.05, 0) is 6.42 Å². The molecule has 1 aliphatic carbocycles. The van der Waals surface area contributed by atoms with Gasteiger partial charge in [0.05, 0.1) is 12.5 Å². The Labute approximate surface area is 108 Å². The summed E-state index contributed by atoms with van der Waals surface area (Å²) in [6, 6.07) is -0.590. The molecule has 0 aliphatic heterocycles. The van der Waals surface area contributed by atoms with Crippen molar-refractivity contribution < 1.29 is 9.72 Å². The van der Waals surface area contributed by atoms with E-state index in [1.54, 1.807) is 0 Å². The van der Waals surface area contributed by atoms with Gasteiger partial charge in [0, 0.05) is 21.7 Å². The molecule has 3 atom stereocenters. The number of amides is 1. The molecule has 1 fully saturated rings. The van der Waals surface area contributed by atoms with Crippen LogP contribution in [-0.4, -0.2) is 27.3 Å². The van der Waals surface area contributed by atoms with E-state index in [0.29, 0.717) is 19.3 Å². The van der Waals surface area contributed by atoms with Gasteiger partial charge in [-0.3, -0.25) is 14.9 Å². The van der Waals surface area contributed by atoms with Crippen molar-refractivity contribution in [1.82, 2.24) is 5.32 Å². The fraction of sp³-hybridized carbons (Fsp3) is 0.700.